The van der Waals surface area contributed by atoms with Gasteiger partial charge in [0.2, 0.25) is 0 Å². The smallest absolute Gasteiger partial charge is 0.311 e. The maximum atomic E-state index is 13.1. The van der Waals surface area contributed by atoms with E-state index in [-0.39, 0.29) is 24.5 Å². The number of benzene rings is 1. The highest BCUT2D eigenvalue weighted by atomic mass is 32.2. The molecule has 1 saturated carbocycles. The van der Waals surface area contributed by atoms with Crippen molar-refractivity contribution in [1.82, 2.24) is 0 Å². The van der Waals surface area contributed by atoms with Crippen molar-refractivity contribution in [3.8, 4) is 0 Å². The van der Waals surface area contributed by atoms with Crippen LogP contribution in [0, 0.1) is 11.8 Å². The minimum Gasteiger partial charge on any atom is -0.466 e. The zero-order valence-corrected chi connectivity index (χ0v) is 15.1. The van der Waals surface area contributed by atoms with Crippen molar-refractivity contribution in [1.29, 1.82) is 0 Å². The van der Waals surface area contributed by atoms with Gasteiger partial charge in [0, 0.05) is 0 Å². The molecule has 0 saturated heterocycles. The van der Waals surface area contributed by atoms with Gasteiger partial charge in [-0.2, -0.15) is 0 Å². The molecule has 1 aromatic rings. The van der Waals surface area contributed by atoms with Crippen LogP contribution in [0.5, 0.6) is 0 Å². The molecule has 0 spiro atoms. The molecule has 0 radical (unpaired) electrons. The highest BCUT2D eigenvalue weighted by Crippen LogP contribution is 2.43. The van der Waals surface area contributed by atoms with E-state index in [1.807, 2.05) is 0 Å². The van der Waals surface area contributed by atoms with Crippen molar-refractivity contribution < 1.29 is 27.5 Å². The highest BCUT2D eigenvalue weighted by molar-refractivity contribution is 7.92. The van der Waals surface area contributed by atoms with Crippen molar-refractivity contribution in [3.05, 3.63) is 42.5 Å². The number of carbonyl (C=O) groups is 2. The molecule has 1 fully saturated rings. The molecule has 0 heterocycles. The first-order valence-electron chi connectivity index (χ1n) is 8.14. The van der Waals surface area contributed by atoms with Gasteiger partial charge in [0.15, 0.2) is 9.84 Å². The lowest BCUT2D eigenvalue weighted by molar-refractivity contribution is -0.158. The van der Waals surface area contributed by atoms with Crippen molar-refractivity contribution in [2.75, 3.05) is 13.2 Å². The predicted molar refractivity (Wildman–Crippen MR) is 91.4 cm³/mol. The Morgan fingerprint density at radius 1 is 1.08 bits per heavy atom. The average molecular weight is 366 g/mol. The van der Waals surface area contributed by atoms with Gasteiger partial charge in [-0.3, -0.25) is 9.59 Å². The number of sulfone groups is 1. The fourth-order valence-electron chi connectivity index (χ4n) is 3.17. The Hall–Kier alpha value is -2.15. The summed E-state index contributed by atoms with van der Waals surface area (Å²) >= 11 is 0. The summed E-state index contributed by atoms with van der Waals surface area (Å²) in [5, 5.41) is -1.21. The van der Waals surface area contributed by atoms with Gasteiger partial charge in [-0.25, -0.2) is 8.42 Å². The molecule has 0 aliphatic heterocycles. The zero-order chi connectivity index (χ0) is 18.6. The lowest BCUT2D eigenvalue weighted by Crippen LogP contribution is -2.38. The maximum absolute atomic E-state index is 13.1. The molecular formula is C18H22O6S. The number of hydrogen-bond acceptors (Lipinski definition) is 6. The molecule has 3 atom stereocenters. The number of ether oxygens (including phenoxy) is 2. The van der Waals surface area contributed by atoms with E-state index in [0.29, 0.717) is 5.57 Å². The second-order valence-corrected chi connectivity index (χ2v) is 7.85. The van der Waals surface area contributed by atoms with Crippen molar-refractivity contribution in [3.63, 3.8) is 0 Å². The summed E-state index contributed by atoms with van der Waals surface area (Å²) in [7, 11) is -3.89. The molecule has 0 bridgehead atoms. The van der Waals surface area contributed by atoms with Crippen LogP contribution in [0.1, 0.15) is 20.3 Å². The van der Waals surface area contributed by atoms with Gasteiger partial charge >= 0.3 is 11.9 Å². The fraction of sp³-hybridized carbons (Fsp3) is 0.444. The van der Waals surface area contributed by atoms with Gasteiger partial charge in [0.05, 0.1) is 29.9 Å². The second-order valence-electron chi connectivity index (χ2n) is 5.78. The summed E-state index contributed by atoms with van der Waals surface area (Å²) in [4.78, 5) is 24.8. The molecule has 1 aromatic carbocycles. The zero-order valence-electron chi connectivity index (χ0n) is 14.3. The molecule has 1 aliphatic carbocycles. The van der Waals surface area contributed by atoms with E-state index in [4.69, 9.17) is 9.47 Å². The molecule has 25 heavy (non-hydrogen) atoms. The van der Waals surface area contributed by atoms with Gasteiger partial charge in [0.1, 0.15) is 5.25 Å². The number of esters is 2. The Morgan fingerprint density at radius 3 is 2.20 bits per heavy atom. The average Bonchev–Trinajstić information content (AvgIpc) is 2.94. The van der Waals surface area contributed by atoms with Crippen LogP contribution in [0.15, 0.2) is 47.4 Å². The Labute approximate surface area is 147 Å². The standard InChI is InChI=1S/C18H22O6S/c1-4-23-17(19)14-11-12(3)16(15(14)18(20)24-5-2)25(21,22)13-9-7-6-8-10-13/h6-10,14-16H,3-5,11H2,1-2H3/t14-,15+,16+/m1/s1. The third-order valence-electron chi connectivity index (χ3n) is 4.20. The highest BCUT2D eigenvalue weighted by Gasteiger charge is 2.54. The molecule has 6 nitrogen and oxygen atoms in total. The quantitative estimate of drug-likeness (QED) is 0.566. The Morgan fingerprint density at radius 2 is 1.64 bits per heavy atom. The SMILES string of the molecule is C=C1C[C@@H](C(=O)OCC)[C@H](C(=O)OCC)[C@H]1S(=O)(=O)c1ccccc1. The van der Waals surface area contributed by atoms with Gasteiger partial charge in [-0.15, -0.1) is 0 Å². The van der Waals surface area contributed by atoms with E-state index in [1.165, 1.54) is 12.1 Å². The molecule has 7 heteroatoms. The summed E-state index contributed by atoms with van der Waals surface area (Å²) in [6.07, 6.45) is 0.0824. The molecule has 0 unspecified atom stereocenters. The first kappa shape index (κ1) is 19.2. The molecule has 136 valence electrons. The fourth-order valence-corrected chi connectivity index (χ4v) is 5.22. The van der Waals surface area contributed by atoms with Crippen LogP contribution in [-0.4, -0.2) is 38.8 Å². The lowest BCUT2D eigenvalue weighted by Gasteiger charge is -2.22. The largest absolute Gasteiger partial charge is 0.466 e. The van der Waals surface area contributed by atoms with Crippen molar-refractivity contribution >= 4 is 21.8 Å². The molecule has 1 aliphatic rings. The number of hydrogen-bond donors (Lipinski definition) is 0. The van der Waals surface area contributed by atoms with Crippen LogP contribution in [0.4, 0.5) is 0 Å². The van der Waals surface area contributed by atoms with E-state index in [0.717, 1.165) is 0 Å². The third-order valence-corrected chi connectivity index (χ3v) is 6.42. The summed E-state index contributed by atoms with van der Waals surface area (Å²) in [6.45, 7) is 7.34. The van der Waals surface area contributed by atoms with Gasteiger partial charge in [0.25, 0.3) is 0 Å². The number of rotatable bonds is 6. The van der Waals surface area contributed by atoms with Crippen molar-refractivity contribution in [2.24, 2.45) is 11.8 Å². The van der Waals surface area contributed by atoms with Gasteiger partial charge < -0.3 is 9.47 Å². The van der Waals surface area contributed by atoms with Crippen LogP contribution in [0.2, 0.25) is 0 Å². The minimum absolute atomic E-state index is 0.0824. The topological polar surface area (TPSA) is 86.7 Å². The molecule has 0 aromatic heterocycles. The van der Waals surface area contributed by atoms with Crippen LogP contribution in [-0.2, 0) is 28.9 Å². The Balaban J connectivity index is 2.48. The van der Waals surface area contributed by atoms with Crippen molar-refractivity contribution in [2.45, 2.75) is 30.4 Å². The van der Waals surface area contributed by atoms with Gasteiger partial charge in [-0.05, 0) is 32.4 Å². The summed E-state index contributed by atoms with van der Waals surface area (Å²) in [6, 6.07) is 7.83. The first-order valence-corrected chi connectivity index (χ1v) is 9.69. The van der Waals surface area contributed by atoms with Gasteiger partial charge in [-0.1, -0.05) is 30.4 Å². The minimum atomic E-state index is -3.89. The van der Waals surface area contributed by atoms with Crippen LogP contribution < -0.4 is 0 Å². The third kappa shape index (κ3) is 3.76. The first-order chi connectivity index (χ1) is 11.8. The van der Waals surface area contributed by atoms with E-state index >= 15 is 0 Å². The van der Waals surface area contributed by atoms with E-state index in [2.05, 4.69) is 6.58 Å². The molecule has 0 amide bonds. The predicted octanol–water partition coefficient (Wildman–Crippen LogP) is 2.15. The molecular weight excluding hydrogens is 344 g/mol. The molecule has 0 N–H and O–H groups in total. The second kappa shape index (κ2) is 7.82. The van der Waals surface area contributed by atoms with Crippen LogP contribution >= 0.6 is 0 Å². The Kier molecular flexibility index (Phi) is 6.00. The van der Waals surface area contributed by atoms with Crippen LogP contribution in [0.25, 0.3) is 0 Å². The van der Waals surface area contributed by atoms with E-state index < -0.39 is 38.9 Å². The lowest BCUT2D eigenvalue weighted by atomic mass is 9.96. The summed E-state index contributed by atoms with van der Waals surface area (Å²) in [5.41, 5.74) is 0.319. The monoisotopic (exact) mass is 366 g/mol. The molecule has 2 rings (SSSR count). The maximum Gasteiger partial charge on any atom is 0.311 e. The van der Waals surface area contributed by atoms with E-state index in [9.17, 15) is 18.0 Å². The normalized spacial score (nSPS) is 23.3. The number of carbonyl (C=O) groups excluding carboxylic acids is 2. The summed E-state index contributed by atoms with van der Waals surface area (Å²) in [5.74, 6) is -3.39. The van der Waals surface area contributed by atoms with E-state index in [1.54, 1.807) is 32.0 Å². The van der Waals surface area contributed by atoms with Crippen LogP contribution in [0.3, 0.4) is 0 Å². The summed E-state index contributed by atoms with van der Waals surface area (Å²) < 4.78 is 36.2. The Bertz CT molecular complexity index is 753.